The van der Waals surface area contributed by atoms with E-state index in [4.69, 9.17) is 9.40 Å². The summed E-state index contributed by atoms with van der Waals surface area (Å²) < 4.78 is 10.0. The zero-order chi connectivity index (χ0) is 19.7. The molecular weight excluding hydrogens is 348 g/mol. The van der Waals surface area contributed by atoms with Crippen LogP contribution in [0.2, 0.25) is 0 Å². The highest BCUT2D eigenvalue weighted by Crippen LogP contribution is 2.29. The summed E-state index contributed by atoms with van der Waals surface area (Å²) >= 11 is 0. The highest BCUT2D eigenvalue weighted by molar-refractivity contribution is 5.62. The standard InChI is InChI=1S/C23H26N4O/c1-16(22-11-10-17(2)28-22)12-21-23(19-8-6-5-7-9-19)24-15-27(21)14-20-13-25-26(4)18(20)3/h5-11,13,15-16H,12,14H2,1-4H3. The molecule has 5 heteroatoms. The molecule has 0 radical (unpaired) electrons. The van der Waals surface area contributed by atoms with Crippen molar-refractivity contribution in [3.63, 3.8) is 0 Å². The van der Waals surface area contributed by atoms with Crippen LogP contribution in [0.1, 0.15) is 41.3 Å². The van der Waals surface area contributed by atoms with E-state index >= 15 is 0 Å². The van der Waals surface area contributed by atoms with Gasteiger partial charge in [-0.05, 0) is 32.4 Å². The number of hydrogen-bond acceptors (Lipinski definition) is 3. The fourth-order valence-corrected chi connectivity index (χ4v) is 3.59. The molecule has 28 heavy (non-hydrogen) atoms. The van der Waals surface area contributed by atoms with Crippen LogP contribution >= 0.6 is 0 Å². The normalized spacial score (nSPS) is 12.4. The first kappa shape index (κ1) is 18.3. The third kappa shape index (κ3) is 3.52. The molecular formula is C23H26N4O. The Kier molecular flexibility index (Phi) is 4.90. The van der Waals surface area contributed by atoms with E-state index in [2.05, 4.69) is 53.8 Å². The SMILES string of the molecule is Cc1ccc(C(C)Cc2c(-c3ccccc3)ncn2Cc2cnn(C)c2C)o1. The third-order valence-electron chi connectivity index (χ3n) is 5.42. The predicted molar refractivity (Wildman–Crippen MR) is 110 cm³/mol. The van der Waals surface area contributed by atoms with Gasteiger partial charge in [0.2, 0.25) is 0 Å². The average molecular weight is 374 g/mol. The Morgan fingerprint density at radius 2 is 1.86 bits per heavy atom. The zero-order valence-electron chi connectivity index (χ0n) is 16.9. The lowest BCUT2D eigenvalue weighted by Gasteiger charge is -2.14. The highest BCUT2D eigenvalue weighted by Gasteiger charge is 2.19. The molecule has 1 aromatic carbocycles. The monoisotopic (exact) mass is 374 g/mol. The minimum absolute atomic E-state index is 0.265. The minimum Gasteiger partial charge on any atom is -0.466 e. The van der Waals surface area contributed by atoms with Crippen LogP contribution < -0.4 is 0 Å². The van der Waals surface area contributed by atoms with E-state index in [-0.39, 0.29) is 5.92 Å². The second-order valence-electron chi connectivity index (χ2n) is 7.47. The van der Waals surface area contributed by atoms with Gasteiger partial charge >= 0.3 is 0 Å². The van der Waals surface area contributed by atoms with E-state index in [0.717, 1.165) is 35.7 Å². The van der Waals surface area contributed by atoms with Crippen molar-refractivity contribution >= 4 is 0 Å². The molecule has 1 atom stereocenters. The maximum absolute atomic E-state index is 5.88. The van der Waals surface area contributed by atoms with Crippen LogP contribution in [0.15, 0.2) is 59.4 Å². The van der Waals surface area contributed by atoms with Gasteiger partial charge < -0.3 is 8.98 Å². The number of aryl methyl sites for hydroxylation is 2. The zero-order valence-corrected chi connectivity index (χ0v) is 16.9. The second kappa shape index (κ2) is 7.50. The first-order chi connectivity index (χ1) is 13.5. The van der Waals surface area contributed by atoms with Crippen molar-refractivity contribution in [2.45, 2.75) is 39.7 Å². The summed E-state index contributed by atoms with van der Waals surface area (Å²) in [5.74, 6) is 2.23. The summed E-state index contributed by atoms with van der Waals surface area (Å²) in [6, 6.07) is 14.5. The predicted octanol–water partition coefficient (Wildman–Crippen LogP) is 4.89. The van der Waals surface area contributed by atoms with E-state index in [1.807, 2.05) is 43.3 Å². The Morgan fingerprint density at radius 3 is 2.50 bits per heavy atom. The van der Waals surface area contributed by atoms with Gasteiger partial charge in [-0.15, -0.1) is 0 Å². The van der Waals surface area contributed by atoms with Crippen LogP contribution in [0.25, 0.3) is 11.3 Å². The molecule has 0 aliphatic rings. The van der Waals surface area contributed by atoms with Crippen molar-refractivity contribution < 1.29 is 4.42 Å². The lowest BCUT2D eigenvalue weighted by molar-refractivity contribution is 0.448. The lowest BCUT2D eigenvalue weighted by atomic mass is 9.99. The highest BCUT2D eigenvalue weighted by atomic mass is 16.3. The molecule has 0 amide bonds. The van der Waals surface area contributed by atoms with E-state index < -0.39 is 0 Å². The molecule has 0 saturated carbocycles. The fourth-order valence-electron chi connectivity index (χ4n) is 3.59. The molecule has 0 saturated heterocycles. The second-order valence-corrected chi connectivity index (χ2v) is 7.47. The minimum atomic E-state index is 0.265. The third-order valence-corrected chi connectivity index (χ3v) is 5.42. The van der Waals surface area contributed by atoms with Gasteiger partial charge in [0.25, 0.3) is 0 Å². The summed E-state index contributed by atoms with van der Waals surface area (Å²) in [6.45, 7) is 7.06. The molecule has 0 N–H and O–H groups in total. The number of furan rings is 1. The van der Waals surface area contributed by atoms with Crippen molar-refractivity contribution in [3.8, 4) is 11.3 Å². The van der Waals surface area contributed by atoms with Gasteiger partial charge in [-0.2, -0.15) is 5.10 Å². The topological polar surface area (TPSA) is 48.8 Å². The van der Waals surface area contributed by atoms with E-state index in [0.29, 0.717) is 0 Å². The summed E-state index contributed by atoms with van der Waals surface area (Å²) in [5, 5.41) is 4.39. The average Bonchev–Trinajstić information content (AvgIpc) is 3.39. The molecule has 0 fully saturated rings. The Labute approximate surface area is 165 Å². The van der Waals surface area contributed by atoms with Crippen LogP contribution in [-0.2, 0) is 20.0 Å². The molecule has 0 spiro atoms. The van der Waals surface area contributed by atoms with Gasteiger partial charge in [-0.3, -0.25) is 4.68 Å². The molecule has 0 aliphatic carbocycles. The number of hydrogen-bond donors (Lipinski definition) is 0. The van der Waals surface area contributed by atoms with Crippen LogP contribution in [0.4, 0.5) is 0 Å². The molecule has 3 aromatic heterocycles. The van der Waals surface area contributed by atoms with Crippen molar-refractivity contribution in [2.75, 3.05) is 0 Å². The van der Waals surface area contributed by atoms with Gasteiger partial charge in [0.05, 0.1) is 24.8 Å². The van der Waals surface area contributed by atoms with Gasteiger partial charge in [0, 0.05) is 35.5 Å². The van der Waals surface area contributed by atoms with Gasteiger partial charge in [-0.25, -0.2) is 4.98 Å². The molecule has 0 bridgehead atoms. The summed E-state index contributed by atoms with van der Waals surface area (Å²) in [7, 11) is 1.98. The van der Waals surface area contributed by atoms with Gasteiger partial charge in [0.1, 0.15) is 11.5 Å². The largest absolute Gasteiger partial charge is 0.466 e. The maximum Gasteiger partial charge on any atom is 0.107 e. The van der Waals surface area contributed by atoms with Crippen LogP contribution in [0.3, 0.4) is 0 Å². The van der Waals surface area contributed by atoms with Crippen LogP contribution in [-0.4, -0.2) is 19.3 Å². The Morgan fingerprint density at radius 1 is 1.07 bits per heavy atom. The van der Waals surface area contributed by atoms with E-state index in [1.54, 1.807) is 0 Å². The molecule has 4 aromatic rings. The number of nitrogens with zero attached hydrogens (tertiary/aromatic N) is 4. The Hall–Kier alpha value is -3.08. The van der Waals surface area contributed by atoms with Crippen molar-refractivity contribution in [1.29, 1.82) is 0 Å². The number of benzene rings is 1. The lowest BCUT2D eigenvalue weighted by Crippen LogP contribution is -2.08. The first-order valence-corrected chi connectivity index (χ1v) is 9.66. The number of aromatic nitrogens is 4. The molecule has 5 nitrogen and oxygen atoms in total. The first-order valence-electron chi connectivity index (χ1n) is 9.66. The van der Waals surface area contributed by atoms with Crippen molar-refractivity contribution in [3.05, 3.63) is 83.5 Å². The van der Waals surface area contributed by atoms with Crippen LogP contribution in [0.5, 0.6) is 0 Å². The maximum atomic E-state index is 5.88. The van der Waals surface area contributed by atoms with E-state index in [9.17, 15) is 0 Å². The fraction of sp³-hybridized carbons (Fsp3) is 0.304. The summed E-state index contributed by atoms with van der Waals surface area (Å²) in [6.07, 6.45) is 4.75. The molecule has 0 aliphatic heterocycles. The molecule has 144 valence electrons. The van der Waals surface area contributed by atoms with Gasteiger partial charge in [0.15, 0.2) is 0 Å². The summed E-state index contributed by atoms with van der Waals surface area (Å²) in [5.41, 5.74) is 5.79. The van der Waals surface area contributed by atoms with E-state index in [1.165, 1.54) is 17.0 Å². The Balaban J connectivity index is 1.72. The number of imidazole rings is 1. The van der Waals surface area contributed by atoms with Gasteiger partial charge in [-0.1, -0.05) is 37.3 Å². The molecule has 3 heterocycles. The van der Waals surface area contributed by atoms with Crippen molar-refractivity contribution in [2.24, 2.45) is 7.05 Å². The Bertz CT molecular complexity index is 1070. The summed E-state index contributed by atoms with van der Waals surface area (Å²) in [4.78, 5) is 4.78. The molecule has 1 unspecified atom stereocenters. The quantitative estimate of drug-likeness (QED) is 0.483. The smallest absolute Gasteiger partial charge is 0.107 e. The van der Waals surface area contributed by atoms with Crippen molar-refractivity contribution in [1.82, 2.24) is 19.3 Å². The van der Waals surface area contributed by atoms with Crippen LogP contribution in [0, 0.1) is 13.8 Å². The molecule has 4 rings (SSSR count). The number of rotatable bonds is 6.